The van der Waals surface area contributed by atoms with Crippen molar-refractivity contribution in [3.05, 3.63) is 11.4 Å². The summed E-state index contributed by atoms with van der Waals surface area (Å²) in [5.41, 5.74) is 2.08. The highest BCUT2D eigenvalue weighted by Gasteiger charge is 2.38. The highest BCUT2D eigenvalue weighted by Crippen LogP contribution is 2.34. The van der Waals surface area contributed by atoms with Crippen molar-refractivity contribution in [2.75, 3.05) is 39.4 Å². The molecule has 2 aliphatic heterocycles. The van der Waals surface area contributed by atoms with Crippen LogP contribution in [-0.2, 0) is 23.0 Å². The summed E-state index contributed by atoms with van der Waals surface area (Å²) in [6.07, 6.45) is 6.68. The quantitative estimate of drug-likeness (QED) is 0.723. The molecule has 1 saturated heterocycles. The van der Waals surface area contributed by atoms with Crippen LogP contribution in [0.5, 0.6) is 0 Å². The lowest BCUT2D eigenvalue weighted by Crippen LogP contribution is -2.46. The minimum atomic E-state index is -0.0795. The molecule has 0 bridgehead atoms. The molecule has 3 aliphatic rings. The van der Waals surface area contributed by atoms with Crippen molar-refractivity contribution in [1.82, 2.24) is 24.8 Å². The van der Waals surface area contributed by atoms with Crippen LogP contribution in [0.15, 0.2) is 0 Å². The Labute approximate surface area is 149 Å². The summed E-state index contributed by atoms with van der Waals surface area (Å²) < 4.78 is 7.85. The van der Waals surface area contributed by atoms with Gasteiger partial charge in [-0.1, -0.05) is 11.6 Å². The van der Waals surface area contributed by atoms with Gasteiger partial charge in [0.2, 0.25) is 5.91 Å². The molecule has 1 aliphatic carbocycles. The van der Waals surface area contributed by atoms with E-state index < -0.39 is 0 Å². The number of rotatable bonds is 6. The summed E-state index contributed by atoms with van der Waals surface area (Å²) in [4.78, 5) is 17.3. The lowest BCUT2D eigenvalue weighted by Gasteiger charge is -2.38. The largest absolute Gasteiger partial charge is 0.378 e. The summed E-state index contributed by atoms with van der Waals surface area (Å²) in [5.74, 6) is 0.501. The summed E-state index contributed by atoms with van der Waals surface area (Å²) >= 11 is 0. The maximum absolute atomic E-state index is 12.9. The Kier molecular flexibility index (Phi) is 5.03. The first-order chi connectivity index (χ1) is 12.2. The molecule has 1 aromatic rings. The van der Waals surface area contributed by atoms with Crippen molar-refractivity contribution in [3.63, 3.8) is 0 Å². The molecular weight excluding hydrogens is 318 g/mol. The topological polar surface area (TPSA) is 63.5 Å². The van der Waals surface area contributed by atoms with Crippen molar-refractivity contribution in [2.45, 2.75) is 44.6 Å². The van der Waals surface area contributed by atoms with Crippen LogP contribution in [0.4, 0.5) is 0 Å². The van der Waals surface area contributed by atoms with Crippen LogP contribution >= 0.6 is 0 Å². The smallest absolute Gasteiger partial charge is 0.226 e. The van der Waals surface area contributed by atoms with Gasteiger partial charge >= 0.3 is 0 Å². The molecule has 3 heterocycles. The molecular formula is C18H29N5O2. The summed E-state index contributed by atoms with van der Waals surface area (Å²) in [5, 5.41) is 8.54. The normalized spacial score (nSPS) is 24.4. The van der Waals surface area contributed by atoms with Gasteiger partial charge in [0, 0.05) is 32.5 Å². The van der Waals surface area contributed by atoms with E-state index in [1.165, 1.54) is 32.4 Å². The molecule has 1 saturated carbocycles. The van der Waals surface area contributed by atoms with Gasteiger partial charge in [-0.05, 0) is 38.8 Å². The van der Waals surface area contributed by atoms with Crippen LogP contribution in [-0.4, -0.2) is 70.1 Å². The minimum Gasteiger partial charge on any atom is -0.378 e. The standard InChI is InChI=1S/C18H29N5O2/c1-21-15-7-10-23(18(24)14-5-4-6-14)16(17(15)19-20-21)13-25-12-11-22-8-2-3-9-22/h14,16H,2-13H2,1H3/t16-/m1/s1. The molecule has 4 rings (SSSR count). The van der Waals surface area contributed by atoms with E-state index in [0.717, 1.165) is 50.3 Å². The van der Waals surface area contributed by atoms with Gasteiger partial charge < -0.3 is 14.5 Å². The average molecular weight is 347 g/mol. The number of amides is 1. The number of carbonyl (C=O) groups is 1. The van der Waals surface area contributed by atoms with E-state index in [1.807, 2.05) is 16.6 Å². The molecule has 1 aromatic heterocycles. The molecule has 0 N–H and O–H groups in total. The molecule has 1 amide bonds. The fourth-order valence-electron chi connectivity index (χ4n) is 4.19. The number of hydrogen-bond acceptors (Lipinski definition) is 5. The zero-order valence-electron chi connectivity index (χ0n) is 15.2. The summed E-state index contributed by atoms with van der Waals surface area (Å²) in [6, 6.07) is -0.0795. The zero-order valence-corrected chi connectivity index (χ0v) is 15.2. The number of aryl methyl sites for hydroxylation is 1. The molecule has 0 unspecified atom stereocenters. The molecule has 2 fully saturated rings. The molecule has 0 aromatic carbocycles. The lowest BCUT2D eigenvalue weighted by molar-refractivity contribution is -0.143. The van der Waals surface area contributed by atoms with Crippen LogP contribution in [0.25, 0.3) is 0 Å². The minimum absolute atomic E-state index is 0.0795. The predicted octanol–water partition coefficient (Wildman–Crippen LogP) is 1.15. The molecule has 0 spiro atoms. The number of ether oxygens (including phenoxy) is 1. The first-order valence-corrected chi connectivity index (χ1v) is 9.73. The van der Waals surface area contributed by atoms with Crippen LogP contribution < -0.4 is 0 Å². The molecule has 1 atom stereocenters. The number of fused-ring (bicyclic) bond motifs is 1. The van der Waals surface area contributed by atoms with E-state index in [-0.39, 0.29) is 17.9 Å². The second-order valence-corrected chi connectivity index (χ2v) is 7.59. The van der Waals surface area contributed by atoms with E-state index in [9.17, 15) is 4.79 Å². The van der Waals surface area contributed by atoms with Crippen molar-refractivity contribution in [2.24, 2.45) is 13.0 Å². The molecule has 7 nitrogen and oxygen atoms in total. The van der Waals surface area contributed by atoms with E-state index in [0.29, 0.717) is 6.61 Å². The Balaban J connectivity index is 1.40. The number of hydrogen-bond donors (Lipinski definition) is 0. The maximum atomic E-state index is 12.9. The lowest BCUT2D eigenvalue weighted by atomic mass is 9.83. The molecule has 7 heteroatoms. The third kappa shape index (κ3) is 3.44. The third-order valence-electron chi connectivity index (χ3n) is 6.02. The van der Waals surface area contributed by atoms with Crippen molar-refractivity contribution < 1.29 is 9.53 Å². The van der Waals surface area contributed by atoms with E-state index in [4.69, 9.17) is 4.74 Å². The Hall–Kier alpha value is -1.47. The first kappa shape index (κ1) is 17.0. The van der Waals surface area contributed by atoms with Crippen molar-refractivity contribution in [1.29, 1.82) is 0 Å². The van der Waals surface area contributed by atoms with Crippen LogP contribution in [0.2, 0.25) is 0 Å². The molecule has 138 valence electrons. The molecule has 0 radical (unpaired) electrons. The monoisotopic (exact) mass is 347 g/mol. The average Bonchev–Trinajstić information content (AvgIpc) is 3.20. The van der Waals surface area contributed by atoms with Crippen molar-refractivity contribution in [3.8, 4) is 0 Å². The zero-order chi connectivity index (χ0) is 17.2. The number of likely N-dealkylation sites (tertiary alicyclic amines) is 1. The number of aromatic nitrogens is 3. The van der Waals surface area contributed by atoms with Gasteiger partial charge in [0.1, 0.15) is 11.7 Å². The van der Waals surface area contributed by atoms with E-state index in [2.05, 4.69) is 15.2 Å². The van der Waals surface area contributed by atoms with Gasteiger partial charge in [0.05, 0.1) is 18.9 Å². The predicted molar refractivity (Wildman–Crippen MR) is 93.0 cm³/mol. The van der Waals surface area contributed by atoms with Gasteiger partial charge in [0.25, 0.3) is 0 Å². The Morgan fingerprint density at radius 2 is 2.00 bits per heavy atom. The Morgan fingerprint density at radius 1 is 1.20 bits per heavy atom. The first-order valence-electron chi connectivity index (χ1n) is 9.73. The highest BCUT2D eigenvalue weighted by atomic mass is 16.5. The van der Waals surface area contributed by atoms with Crippen molar-refractivity contribution >= 4 is 5.91 Å². The molecule has 25 heavy (non-hydrogen) atoms. The van der Waals surface area contributed by atoms with Gasteiger partial charge in [-0.2, -0.15) is 0 Å². The SMILES string of the molecule is Cn1nnc2c1CCN(C(=O)C1CCC1)[C@@H]2COCCN1CCCC1. The fraction of sp³-hybridized carbons (Fsp3) is 0.833. The highest BCUT2D eigenvalue weighted by molar-refractivity contribution is 5.80. The Bertz CT molecular complexity index is 607. The Morgan fingerprint density at radius 3 is 2.72 bits per heavy atom. The van der Waals surface area contributed by atoms with Gasteiger partial charge in [-0.25, -0.2) is 0 Å². The van der Waals surface area contributed by atoms with Gasteiger partial charge in [-0.3, -0.25) is 9.48 Å². The van der Waals surface area contributed by atoms with E-state index in [1.54, 1.807) is 0 Å². The fourth-order valence-corrected chi connectivity index (χ4v) is 4.19. The van der Waals surface area contributed by atoms with Crippen LogP contribution in [0.1, 0.15) is 49.5 Å². The summed E-state index contributed by atoms with van der Waals surface area (Å²) in [7, 11) is 1.93. The van der Waals surface area contributed by atoms with Gasteiger partial charge in [0.15, 0.2) is 0 Å². The number of carbonyl (C=O) groups excluding carboxylic acids is 1. The second-order valence-electron chi connectivity index (χ2n) is 7.59. The third-order valence-corrected chi connectivity index (χ3v) is 6.02. The van der Waals surface area contributed by atoms with Gasteiger partial charge in [-0.15, -0.1) is 5.10 Å². The van der Waals surface area contributed by atoms with Crippen LogP contribution in [0.3, 0.4) is 0 Å². The second kappa shape index (κ2) is 7.41. The maximum Gasteiger partial charge on any atom is 0.226 e. The van der Waals surface area contributed by atoms with E-state index >= 15 is 0 Å². The van der Waals surface area contributed by atoms with Crippen LogP contribution in [0, 0.1) is 5.92 Å². The number of nitrogens with zero attached hydrogens (tertiary/aromatic N) is 5. The summed E-state index contributed by atoms with van der Waals surface area (Å²) in [6.45, 7) is 5.36.